The van der Waals surface area contributed by atoms with Gasteiger partial charge >= 0.3 is 5.97 Å². The van der Waals surface area contributed by atoms with E-state index in [1.165, 1.54) is 32.1 Å². The van der Waals surface area contributed by atoms with Gasteiger partial charge in [-0.2, -0.15) is 0 Å². The van der Waals surface area contributed by atoms with Crippen molar-refractivity contribution < 1.29 is 9.53 Å². The molecule has 0 saturated heterocycles. The maximum absolute atomic E-state index is 11.4. The van der Waals surface area contributed by atoms with E-state index in [-0.39, 0.29) is 11.9 Å². The summed E-state index contributed by atoms with van der Waals surface area (Å²) in [5, 5.41) is 0. The average Bonchev–Trinajstić information content (AvgIpc) is 2.47. The molecule has 1 atom stereocenters. The van der Waals surface area contributed by atoms with Gasteiger partial charge in [-0.1, -0.05) is 32.1 Å². The second-order valence-electron chi connectivity index (χ2n) is 4.54. The first-order chi connectivity index (χ1) is 6.75. The lowest BCUT2D eigenvalue weighted by atomic mass is 9.83. The van der Waals surface area contributed by atoms with E-state index < -0.39 is 0 Å². The van der Waals surface area contributed by atoms with Gasteiger partial charge in [0.25, 0.3) is 0 Å². The molecule has 1 heterocycles. The number of carbonyl (C=O) groups is 1. The van der Waals surface area contributed by atoms with E-state index >= 15 is 0 Å². The summed E-state index contributed by atoms with van der Waals surface area (Å²) in [4.78, 5) is 11.4. The third-order valence-electron chi connectivity index (χ3n) is 3.31. The second kappa shape index (κ2) is 4.16. The highest BCUT2D eigenvalue weighted by molar-refractivity contribution is 5.78. The third-order valence-corrected chi connectivity index (χ3v) is 3.31. The van der Waals surface area contributed by atoms with Crippen LogP contribution in [-0.4, -0.2) is 5.97 Å². The van der Waals surface area contributed by atoms with Crippen molar-refractivity contribution in [3.8, 4) is 0 Å². The van der Waals surface area contributed by atoms with Gasteiger partial charge in [-0.25, -0.2) is 0 Å². The molecule has 2 nitrogen and oxygen atoms in total. The quantitative estimate of drug-likeness (QED) is 0.631. The van der Waals surface area contributed by atoms with Crippen LogP contribution in [0.25, 0.3) is 0 Å². The molecule has 0 spiro atoms. The number of ether oxygens (including phenoxy) is 1. The Morgan fingerprint density at radius 1 is 1.36 bits per heavy atom. The first-order valence-electron chi connectivity index (χ1n) is 5.66. The van der Waals surface area contributed by atoms with Crippen LogP contribution in [-0.2, 0) is 9.53 Å². The Kier molecular flexibility index (Phi) is 2.90. The molecule has 0 aromatic carbocycles. The van der Waals surface area contributed by atoms with E-state index in [1.54, 1.807) is 0 Å². The van der Waals surface area contributed by atoms with Gasteiger partial charge < -0.3 is 4.74 Å². The molecule has 1 aliphatic carbocycles. The number of allylic oxidation sites excluding steroid dienone is 1. The lowest BCUT2D eigenvalue weighted by Crippen LogP contribution is -2.15. The Balaban J connectivity index is 1.87. The number of carbonyl (C=O) groups excluding carboxylic acids is 1. The Morgan fingerprint density at radius 3 is 2.64 bits per heavy atom. The minimum atomic E-state index is -0.0342. The van der Waals surface area contributed by atoms with E-state index in [9.17, 15) is 4.79 Å². The predicted octanol–water partition coefficient (Wildman–Crippen LogP) is 3.03. The zero-order valence-corrected chi connectivity index (χ0v) is 8.79. The van der Waals surface area contributed by atoms with Crippen LogP contribution >= 0.6 is 0 Å². The molecular formula is C12H18O2. The molecule has 1 fully saturated rings. The van der Waals surface area contributed by atoms with Crippen LogP contribution in [0.3, 0.4) is 0 Å². The Hall–Kier alpha value is -0.790. The molecule has 0 aromatic rings. The van der Waals surface area contributed by atoms with E-state index in [0.29, 0.717) is 0 Å². The lowest BCUT2D eigenvalue weighted by Gasteiger charge is -2.22. The first-order valence-corrected chi connectivity index (χ1v) is 5.66. The zero-order valence-electron chi connectivity index (χ0n) is 8.79. The monoisotopic (exact) mass is 194 g/mol. The Bertz CT molecular complexity index is 249. The summed E-state index contributed by atoms with van der Waals surface area (Å²) in [6.45, 7) is 1.86. The molecule has 2 aliphatic rings. The fourth-order valence-corrected chi connectivity index (χ4v) is 2.57. The van der Waals surface area contributed by atoms with Crippen molar-refractivity contribution in [3.63, 3.8) is 0 Å². The molecule has 0 aromatic heterocycles. The smallest absolute Gasteiger partial charge is 0.317 e. The van der Waals surface area contributed by atoms with Crippen molar-refractivity contribution in [1.29, 1.82) is 0 Å². The molecule has 0 amide bonds. The van der Waals surface area contributed by atoms with Gasteiger partial charge in [-0.15, -0.1) is 0 Å². The normalized spacial score (nSPS) is 28.8. The molecule has 1 aliphatic heterocycles. The van der Waals surface area contributed by atoms with Crippen LogP contribution in [0.4, 0.5) is 0 Å². The molecule has 0 bridgehead atoms. The maximum Gasteiger partial charge on any atom is 0.317 e. The number of rotatable bonds is 2. The van der Waals surface area contributed by atoms with Crippen molar-refractivity contribution in [3.05, 3.63) is 11.8 Å². The summed E-state index contributed by atoms with van der Waals surface area (Å²) in [7, 11) is 0. The van der Waals surface area contributed by atoms with Crippen LogP contribution in [0, 0.1) is 11.8 Å². The zero-order chi connectivity index (χ0) is 9.97. The topological polar surface area (TPSA) is 26.3 Å². The molecule has 78 valence electrons. The molecule has 1 saturated carbocycles. The van der Waals surface area contributed by atoms with Crippen molar-refractivity contribution >= 4 is 5.97 Å². The minimum absolute atomic E-state index is 0.0342. The van der Waals surface area contributed by atoms with E-state index in [2.05, 4.69) is 0 Å². The fraction of sp³-hybridized carbons (Fsp3) is 0.750. The number of esters is 1. The highest BCUT2D eigenvalue weighted by Gasteiger charge is 2.28. The summed E-state index contributed by atoms with van der Waals surface area (Å²) >= 11 is 0. The highest BCUT2D eigenvalue weighted by Crippen LogP contribution is 2.32. The molecule has 2 rings (SSSR count). The highest BCUT2D eigenvalue weighted by atomic mass is 16.5. The summed E-state index contributed by atoms with van der Waals surface area (Å²) in [5.41, 5.74) is 0. The summed E-state index contributed by atoms with van der Waals surface area (Å²) in [6, 6.07) is 0. The summed E-state index contributed by atoms with van der Waals surface area (Å²) in [6.07, 6.45) is 9.66. The number of hydrogen-bond acceptors (Lipinski definition) is 2. The van der Waals surface area contributed by atoms with Crippen molar-refractivity contribution in [2.24, 2.45) is 11.8 Å². The summed E-state index contributed by atoms with van der Waals surface area (Å²) in [5.74, 6) is 1.56. The van der Waals surface area contributed by atoms with Crippen molar-refractivity contribution in [2.45, 2.75) is 45.4 Å². The van der Waals surface area contributed by atoms with Gasteiger partial charge in [0.1, 0.15) is 5.76 Å². The largest absolute Gasteiger partial charge is 0.431 e. The number of cyclic esters (lactones) is 1. The van der Waals surface area contributed by atoms with Crippen molar-refractivity contribution in [2.75, 3.05) is 0 Å². The van der Waals surface area contributed by atoms with Crippen LogP contribution < -0.4 is 0 Å². The van der Waals surface area contributed by atoms with Crippen molar-refractivity contribution in [1.82, 2.24) is 0 Å². The van der Waals surface area contributed by atoms with Crippen LogP contribution in [0.5, 0.6) is 0 Å². The van der Waals surface area contributed by atoms with Gasteiger partial charge in [-0.3, -0.25) is 4.79 Å². The molecule has 14 heavy (non-hydrogen) atoms. The van der Waals surface area contributed by atoms with Gasteiger partial charge in [0.2, 0.25) is 0 Å². The Morgan fingerprint density at radius 2 is 2.07 bits per heavy atom. The van der Waals surface area contributed by atoms with E-state index in [1.807, 2.05) is 13.0 Å². The number of hydrogen-bond donors (Lipinski definition) is 0. The maximum atomic E-state index is 11.4. The predicted molar refractivity (Wildman–Crippen MR) is 54.5 cm³/mol. The minimum Gasteiger partial charge on any atom is -0.431 e. The van der Waals surface area contributed by atoms with Gasteiger partial charge in [0, 0.05) is 0 Å². The van der Waals surface area contributed by atoms with Crippen LogP contribution in [0.15, 0.2) is 11.8 Å². The van der Waals surface area contributed by atoms with Gasteiger partial charge in [0.15, 0.2) is 0 Å². The molecule has 2 heteroatoms. The summed E-state index contributed by atoms with van der Waals surface area (Å²) < 4.78 is 5.04. The van der Waals surface area contributed by atoms with Crippen LogP contribution in [0.1, 0.15) is 45.4 Å². The van der Waals surface area contributed by atoms with Gasteiger partial charge in [-0.05, 0) is 25.3 Å². The molecule has 0 radical (unpaired) electrons. The third kappa shape index (κ3) is 2.17. The second-order valence-corrected chi connectivity index (χ2v) is 4.54. The fourth-order valence-electron chi connectivity index (χ4n) is 2.57. The standard InChI is InChI=1S/C12H18O2/c1-9-7-11(12(13)14-9)8-10-5-3-2-4-6-10/h7,10-11H,2-6,8H2,1H3. The van der Waals surface area contributed by atoms with E-state index in [0.717, 1.165) is 18.1 Å². The lowest BCUT2D eigenvalue weighted by molar-refractivity contribution is -0.140. The molecule has 0 N–H and O–H groups in total. The average molecular weight is 194 g/mol. The van der Waals surface area contributed by atoms with Gasteiger partial charge in [0.05, 0.1) is 5.92 Å². The van der Waals surface area contributed by atoms with Crippen LogP contribution in [0.2, 0.25) is 0 Å². The SMILES string of the molecule is CC1=CC(CC2CCCCC2)C(=O)O1. The first kappa shape index (κ1) is 9.75. The molecular weight excluding hydrogens is 176 g/mol. The Labute approximate surface area is 85.3 Å². The van der Waals surface area contributed by atoms with E-state index in [4.69, 9.17) is 4.74 Å². The molecule has 1 unspecified atom stereocenters.